The number of amides is 1. The highest BCUT2D eigenvalue weighted by Crippen LogP contribution is 2.11. The van der Waals surface area contributed by atoms with Crippen LogP contribution in [0.1, 0.15) is 18.5 Å². The summed E-state index contributed by atoms with van der Waals surface area (Å²) in [5.41, 5.74) is 0.358. The summed E-state index contributed by atoms with van der Waals surface area (Å²) in [6, 6.07) is 4.81. The van der Waals surface area contributed by atoms with Crippen molar-refractivity contribution >= 4 is 21.4 Å². The lowest BCUT2D eigenvalue weighted by Crippen LogP contribution is -2.36. The van der Waals surface area contributed by atoms with Crippen molar-refractivity contribution in [2.75, 3.05) is 11.5 Å². The van der Waals surface area contributed by atoms with E-state index in [0.717, 1.165) is 0 Å². The van der Waals surface area contributed by atoms with Crippen LogP contribution in [0.5, 0.6) is 0 Å². The summed E-state index contributed by atoms with van der Waals surface area (Å²) in [6.07, 6.45) is 2.26. The van der Waals surface area contributed by atoms with Gasteiger partial charge >= 0.3 is 0 Å². The Morgan fingerprint density at radius 3 is 2.91 bits per heavy atom. The van der Waals surface area contributed by atoms with Gasteiger partial charge in [0.05, 0.1) is 11.5 Å². The van der Waals surface area contributed by atoms with Crippen molar-refractivity contribution in [1.82, 2.24) is 19.9 Å². The maximum atomic E-state index is 12.2. The molecule has 2 aromatic heterocycles. The third-order valence-electron chi connectivity index (χ3n) is 3.76. The predicted molar refractivity (Wildman–Crippen MR) is 82.8 cm³/mol. The maximum Gasteiger partial charge on any atom is 0.279 e. The first-order chi connectivity index (χ1) is 10.9. The van der Waals surface area contributed by atoms with Gasteiger partial charge in [0.25, 0.3) is 5.56 Å². The zero-order chi connectivity index (χ0) is 16.4. The van der Waals surface area contributed by atoms with Crippen LogP contribution in [0, 0.1) is 0 Å². The highest BCUT2D eigenvalue weighted by Gasteiger charge is 2.28. The van der Waals surface area contributed by atoms with E-state index >= 15 is 0 Å². The van der Waals surface area contributed by atoms with Crippen LogP contribution in [-0.4, -0.2) is 46.5 Å². The molecule has 0 unspecified atom stereocenters. The minimum absolute atomic E-state index is 0.0167. The van der Waals surface area contributed by atoms with Gasteiger partial charge in [-0.15, -0.1) is 10.2 Å². The highest BCUT2D eigenvalue weighted by molar-refractivity contribution is 7.91. The smallest absolute Gasteiger partial charge is 0.279 e. The molecule has 122 valence electrons. The number of fused-ring (bicyclic) bond motifs is 1. The number of hydrogen-bond acceptors (Lipinski definition) is 6. The van der Waals surface area contributed by atoms with E-state index in [0.29, 0.717) is 12.1 Å². The summed E-state index contributed by atoms with van der Waals surface area (Å²) >= 11 is 0. The summed E-state index contributed by atoms with van der Waals surface area (Å²) in [5.74, 6) is -0.196. The van der Waals surface area contributed by atoms with Crippen LogP contribution in [-0.2, 0) is 21.1 Å². The van der Waals surface area contributed by atoms with Gasteiger partial charge in [0.15, 0.2) is 15.5 Å². The van der Waals surface area contributed by atoms with E-state index in [1.807, 2.05) is 0 Å². The van der Waals surface area contributed by atoms with Crippen molar-refractivity contribution in [1.29, 1.82) is 0 Å². The first-order valence-corrected chi connectivity index (χ1v) is 9.09. The second-order valence-electron chi connectivity index (χ2n) is 5.55. The molecule has 1 saturated heterocycles. The molecule has 0 saturated carbocycles. The Kier molecular flexibility index (Phi) is 4.12. The first kappa shape index (κ1) is 15.6. The molecule has 8 nitrogen and oxygen atoms in total. The molecule has 9 heteroatoms. The third kappa shape index (κ3) is 3.55. The molecule has 3 heterocycles. The second-order valence-corrected chi connectivity index (χ2v) is 7.78. The molecule has 0 aromatic carbocycles. The standard InChI is InChI=1S/C14H16N4O4S/c19-13(15-10-6-8-23(21,22)9-10)5-4-11-14(20)18-7-2-1-3-12(18)17-16-11/h1-3,7,10H,4-6,8-9H2,(H,15,19)/t10-/m0/s1. The van der Waals surface area contributed by atoms with Crippen LogP contribution < -0.4 is 10.9 Å². The van der Waals surface area contributed by atoms with Crippen molar-refractivity contribution < 1.29 is 13.2 Å². The molecule has 2 aromatic rings. The van der Waals surface area contributed by atoms with E-state index in [9.17, 15) is 18.0 Å². The minimum atomic E-state index is -3.03. The van der Waals surface area contributed by atoms with Crippen LogP contribution in [0.2, 0.25) is 0 Å². The van der Waals surface area contributed by atoms with E-state index in [-0.39, 0.29) is 47.5 Å². The largest absolute Gasteiger partial charge is 0.352 e. The summed E-state index contributed by atoms with van der Waals surface area (Å²) in [4.78, 5) is 24.1. The Bertz CT molecular complexity index is 906. The Morgan fingerprint density at radius 2 is 2.17 bits per heavy atom. The lowest BCUT2D eigenvalue weighted by Gasteiger charge is -2.10. The number of aromatic nitrogens is 3. The van der Waals surface area contributed by atoms with Crippen LogP contribution in [0.15, 0.2) is 29.2 Å². The maximum absolute atomic E-state index is 12.2. The number of carbonyl (C=O) groups is 1. The fourth-order valence-corrected chi connectivity index (χ4v) is 4.25. The fraction of sp³-hybridized carbons (Fsp3) is 0.429. The molecule has 0 bridgehead atoms. The average Bonchev–Trinajstić information content (AvgIpc) is 2.85. The Hall–Kier alpha value is -2.29. The molecule has 1 fully saturated rings. The summed E-state index contributed by atoms with van der Waals surface area (Å²) in [7, 11) is -3.03. The van der Waals surface area contributed by atoms with Crippen molar-refractivity contribution in [2.24, 2.45) is 0 Å². The van der Waals surface area contributed by atoms with Gasteiger partial charge in [-0.25, -0.2) is 8.42 Å². The lowest BCUT2D eigenvalue weighted by molar-refractivity contribution is -0.121. The zero-order valence-electron chi connectivity index (χ0n) is 12.3. The minimum Gasteiger partial charge on any atom is -0.352 e. The summed E-state index contributed by atoms with van der Waals surface area (Å²) in [5, 5.41) is 10.5. The van der Waals surface area contributed by atoms with Crippen molar-refractivity contribution in [3.8, 4) is 0 Å². The second kappa shape index (κ2) is 6.07. The van der Waals surface area contributed by atoms with Gasteiger partial charge in [0.1, 0.15) is 5.69 Å². The summed E-state index contributed by atoms with van der Waals surface area (Å²) < 4.78 is 24.1. The monoisotopic (exact) mass is 336 g/mol. The SMILES string of the molecule is O=C(CCc1nnc2ccccn2c1=O)N[C@H]1CCS(=O)(=O)C1. The molecule has 3 rings (SSSR count). The number of pyridine rings is 1. The number of nitrogens with one attached hydrogen (secondary N) is 1. The van der Waals surface area contributed by atoms with Crippen LogP contribution >= 0.6 is 0 Å². The molecule has 1 atom stereocenters. The Morgan fingerprint density at radius 1 is 1.35 bits per heavy atom. The average molecular weight is 336 g/mol. The molecule has 1 aliphatic rings. The van der Waals surface area contributed by atoms with Gasteiger partial charge in [-0.3, -0.25) is 14.0 Å². The molecule has 23 heavy (non-hydrogen) atoms. The zero-order valence-corrected chi connectivity index (χ0v) is 13.1. The van der Waals surface area contributed by atoms with Gasteiger partial charge in [-0.2, -0.15) is 0 Å². The molecule has 0 aliphatic carbocycles. The van der Waals surface area contributed by atoms with E-state index in [4.69, 9.17) is 0 Å². The number of aryl methyl sites for hydroxylation is 1. The van der Waals surface area contributed by atoms with Gasteiger partial charge in [0.2, 0.25) is 5.91 Å². The van der Waals surface area contributed by atoms with Crippen LogP contribution in [0.25, 0.3) is 5.65 Å². The van der Waals surface area contributed by atoms with E-state index < -0.39 is 9.84 Å². The fourth-order valence-electron chi connectivity index (χ4n) is 2.58. The summed E-state index contributed by atoms with van der Waals surface area (Å²) in [6.45, 7) is 0. The Balaban J connectivity index is 1.63. The van der Waals surface area contributed by atoms with Crippen molar-refractivity contribution in [3.05, 3.63) is 40.4 Å². The highest BCUT2D eigenvalue weighted by atomic mass is 32.2. The van der Waals surface area contributed by atoms with Crippen LogP contribution in [0.4, 0.5) is 0 Å². The number of sulfone groups is 1. The molecule has 1 N–H and O–H groups in total. The van der Waals surface area contributed by atoms with Gasteiger partial charge < -0.3 is 5.32 Å². The number of nitrogens with zero attached hydrogens (tertiary/aromatic N) is 3. The molecule has 1 aliphatic heterocycles. The van der Waals surface area contributed by atoms with Gasteiger partial charge in [-0.1, -0.05) is 6.07 Å². The van der Waals surface area contributed by atoms with Crippen molar-refractivity contribution in [2.45, 2.75) is 25.3 Å². The molecular weight excluding hydrogens is 320 g/mol. The molecule has 0 spiro atoms. The third-order valence-corrected chi connectivity index (χ3v) is 5.53. The Labute approximate surface area is 132 Å². The number of hydrogen-bond donors (Lipinski definition) is 1. The number of rotatable bonds is 4. The number of carbonyl (C=O) groups excluding carboxylic acids is 1. The van der Waals surface area contributed by atoms with Gasteiger partial charge in [0, 0.05) is 25.1 Å². The van der Waals surface area contributed by atoms with E-state index in [2.05, 4.69) is 15.5 Å². The normalized spacial score (nSPS) is 19.7. The predicted octanol–water partition coefficient (Wildman–Crippen LogP) is -0.675. The quantitative estimate of drug-likeness (QED) is 0.792. The van der Waals surface area contributed by atoms with E-state index in [1.54, 1.807) is 24.4 Å². The molecule has 1 amide bonds. The molecule has 0 radical (unpaired) electrons. The van der Waals surface area contributed by atoms with Crippen molar-refractivity contribution in [3.63, 3.8) is 0 Å². The topological polar surface area (TPSA) is 110 Å². The lowest BCUT2D eigenvalue weighted by atomic mass is 10.2. The first-order valence-electron chi connectivity index (χ1n) is 7.27. The van der Waals surface area contributed by atoms with E-state index in [1.165, 1.54) is 4.40 Å². The van der Waals surface area contributed by atoms with Gasteiger partial charge in [-0.05, 0) is 18.6 Å². The molecular formula is C14H16N4O4S. The van der Waals surface area contributed by atoms with Crippen LogP contribution in [0.3, 0.4) is 0 Å².